The van der Waals surface area contributed by atoms with Crippen LogP contribution in [0.5, 0.6) is 0 Å². The van der Waals surface area contributed by atoms with E-state index in [4.69, 9.17) is 9.57 Å². The molecule has 2 saturated heterocycles. The molecule has 0 spiro atoms. The quantitative estimate of drug-likeness (QED) is 0.390. The molecule has 3 heterocycles. The number of nitrogens with zero attached hydrogens (tertiary/aromatic N) is 3. The highest BCUT2D eigenvalue weighted by Gasteiger charge is 2.44. The van der Waals surface area contributed by atoms with Crippen molar-refractivity contribution in [2.24, 2.45) is 0 Å². The van der Waals surface area contributed by atoms with Gasteiger partial charge in [-0.2, -0.15) is 34.5 Å². The van der Waals surface area contributed by atoms with Crippen molar-refractivity contribution in [2.75, 3.05) is 39.8 Å². The van der Waals surface area contributed by atoms with Crippen LogP contribution >= 0.6 is 11.3 Å². The number of piperazine rings is 1. The Kier molecular flexibility index (Phi) is 10.3. The zero-order valence-electron chi connectivity index (χ0n) is 23.0. The fourth-order valence-corrected chi connectivity index (χ4v) is 9.09. The summed E-state index contributed by atoms with van der Waals surface area (Å²) >= 11 is 0.834. The molecule has 1 aromatic heterocycles. The minimum absolute atomic E-state index is 0.147. The van der Waals surface area contributed by atoms with E-state index in [-0.39, 0.29) is 23.8 Å². The van der Waals surface area contributed by atoms with Gasteiger partial charge in [-0.25, -0.2) is 18.7 Å². The SMILES string of the molecule is CCCN(C)S(=O)(=O)N1CCN(S(=O)(=O)c2ccc(-c3ccc(C(F)(F)F)cc3)s2)[C@@H](C(=O)NOC2CCCCO2)C1. The smallest absolute Gasteiger partial charge is 0.350 e. The molecule has 1 amide bonds. The van der Waals surface area contributed by atoms with Gasteiger partial charge in [0.15, 0.2) is 6.29 Å². The van der Waals surface area contributed by atoms with E-state index in [0.717, 1.165) is 49.2 Å². The van der Waals surface area contributed by atoms with Crippen molar-refractivity contribution in [3.63, 3.8) is 0 Å². The van der Waals surface area contributed by atoms with Crippen molar-refractivity contribution < 1.29 is 44.4 Å². The summed E-state index contributed by atoms with van der Waals surface area (Å²) in [6, 6.07) is 5.65. The Balaban J connectivity index is 1.59. The number of alkyl halides is 3. The average Bonchev–Trinajstić information content (AvgIpc) is 3.47. The first-order valence-corrected chi connectivity index (χ1v) is 17.0. The van der Waals surface area contributed by atoms with Gasteiger partial charge in [-0.15, -0.1) is 11.3 Å². The van der Waals surface area contributed by atoms with Gasteiger partial charge in [-0.1, -0.05) is 19.1 Å². The first-order chi connectivity index (χ1) is 19.7. The Morgan fingerprint density at radius 1 is 1.12 bits per heavy atom. The van der Waals surface area contributed by atoms with Crippen LogP contribution in [-0.4, -0.2) is 87.8 Å². The molecule has 0 bridgehead atoms. The van der Waals surface area contributed by atoms with Gasteiger partial charge in [-0.05, 0) is 49.1 Å². The molecule has 0 saturated carbocycles. The molecule has 1 N–H and O–H groups in total. The van der Waals surface area contributed by atoms with Crippen LogP contribution in [0.1, 0.15) is 38.2 Å². The monoisotopic (exact) mass is 654 g/mol. The molecule has 11 nitrogen and oxygen atoms in total. The second-order valence-corrected chi connectivity index (χ2v) is 15.1. The summed E-state index contributed by atoms with van der Waals surface area (Å²) in [7, 11) is -6.90. The Morgan fingerprint density at radius 2 is 1.83 bits per heavy atom. The normalized spacial score (nSPS) is 21.5. The maximum Gasteiger partial charge on any atom is 0.416 e. The molecule has 2 aliphatic rings. The van der Waals surface area contributed by atoms with Gasteiger partial charge in [0.25, 0.3) is 26.1 Å². The summed E-state index contributed by atoms with van der Waals surface area (Å²) < 4.78 is 101. The van der Waals surface area contributed by atoms with Crippen LogP contribution in [0.3, 0.4) is 0 Å². The molecule has 1 unspecified atom stereocenters. The maximum absolute atomic E-state index is 13.8. The molecule has 4 rings (SSSR count). The van der Waals surface area contributed by atoms with E-state index >= 15 is 0 Å². The number of thiophene rings is 1. The molecule has 2 atom stereocenters. The zero-order chi connectivity index (χ0) is 30.7. The highest BCUT2D eigenvalue weighted by atomic mass is 32.2. The van der Waals surface area contributed by atoms with Gasteiger partial charge >= 0.3 is 6.18 Å². The number of nitrogens with one attached hydrogen (secondary N) is 1. The number of halogens is 3. The van der Waals surface area contributed by atoms with Crippen molar-refractivity contribution in [3.05, 3.63) is 42.0 Å². The summed E-state index contributed by atoms with van der Waals surface area (Å²) in [6.07, 6.45) is -2.47. The third kappa shape index (κ3) is 7.32. The first kappa shape index (κ1) is 32.8. The second kappa shape index (κ2) is 13.3. The van der Waals surface area contributed by atoms with Crippen molar-refractivity contribution in [1.82, 2.24) is 18.4 Å². The number of carbonyl (C=O) groups is 1. The second-order valence-electron chi connectivity index (χ2n) is 9.89. The predicted molar refractivity (Wildman–Crippen MR) is 149 cm³/mol. The number of hydrogen-bond acceptors (Lipinski definition) is 8. The zero-order valence-corrected chi connectivity index (χ0v) is 25.5. The molecule has 42 heavy (non-hydrogen) atoms. The molecule has 0 aliphatic carbocycles. The summed E-state index contributed by atoms with van der Waals surface area (Å²) in [5.74, 6) is -0.856. The molecule has 0 radical (unpaired) electrons. The molecule has 2 aliphatic heterocycles. The van der Waals surface area contributed by atoms with Crippen LogP contribution in [0.4, 0.5) is 13.2 Å². The number of sulfonamides is 1. The molecule has 17 heteroatoms. The fourth-order valence-electron chi connectivity index (χ4n) is 4.63. The van der Waals surface area contributed by atoms with Crippen LogP contribution < -0.4 is 5.48 Å². The van der Waals surface area contributed by atoms with Crippen molar-refractivity contribution in [3.8, 4) is 10.4 Å². The van der Waals surface area contributed by atoms with Gasteiger partial charge in [0.2, 0.25) is 0 Å². The third-order valence-electron chi connectivity index (χ3n) is 6.93. The standard InChI is InChI=1S/C25H33F3N4O7S3/c1-3-13-30(2)42(36,37)31-14-15-32(20(17-31)24(33)29-39-22-6-4-5-16-38-22)41(34,35)23-12-11-21(40-23)18-7-9-19(10-8-18)25(26,27)28/h7-12,20,22H,3-6,13-17H2,1-2H3,(H,29,33)/t20-,22?/m1/s1. The topological polar surface area (TPSA) is 126 Å². The number of benzene rings is 1. The van der Waals surface area contributed by atoms with E-state index in [2.05, 4.69) is 5.48 Å². The number of hydroxylamine groups is 1. The Morgan fingerprint density at radius 3 is 2.45 bits per heavy atom. The van der Waals surface area contributed by atoms with Gasteiger partial charge < -0.3 is 4.74 Å². The van der Waals surface area contributed by atoms with Gasteiger partial charge in [-0.3, -0.25) is 4.79 Å². The highest BCUT2D eigenvalue weighted by molar-refractivity contribution is 7.91. The lowest BCUT2D eigenvalue weighted by Gasteiger charge is -2.39. The number of carbonyl (C=O) groups excluding carboxylic acids is 1. The lowest BCUT2D eigenvalue weighted by Crippen LogP contribution is -2.62. The first-order valence-electron chi connectivity index (χ1n) is 13.3. The fraction of sp³-hybridized carbons (Fsp3) is 0.560. The Hall–Kier alpha value is -2.12. The van der Waals surface area contributed by atoms with Gasteiger partial charge in [0.1, 0.15) is 10.3 Å². The maximum atomic E-state index is 13.8. The van der Waals surface area contributed by atoms with Crippen LogP contribution in [-0.2, 0) is 40.8 Å². The largest absolute Gasteiger partial charge is 0.416 e. The van der Waals surface area contributed by atoms with Crippen LogP contribution in [0.15, 0.2) is 40.6 Å². The number of rotatable bonds is 10. The lowest BCUT2D eigenvalue weighted by molar-refractivity contribution is -0.202. The van der Waals surface area contributed by atoms with E-state index in [1.54, 1.807) is 0 Å². The van der Waals surface area contributed by atoms with Crippen LogP contribution in [0.2, 0.25) is 0 Å². The molecule has 1 aromatic carbocycles. The molecule has 234 valence electrons. The van der Waals surface area contributed by atoms with E-state index in [0.29, 0.717) is 29.9 Å². The summed E-state index contributed by atoms with van der Waals surface area (Å²) in [4.78, 5) is 19.1. The molecular weight excluding hydrogens is 621 g/mol. The van der Waals surface area contributed by atoms with E-state index < -0.39 is 56.8 Å². The summed E-state index contributed by atoms with van der Waals surface area (Å²) in [5.41, 5.74) is 1.81. The van der Waals surface area contributed by atoms with Crippen molar-refractivity contribution >= 4 is 37.5 Å². The van der Waals surface area contributed by atoms with E-state index in [1.165, 1.54) is 31.3 Å². The van der Waals surface area contributed by atoms with Crippen molar-refractivity contribution in [2.45, 2.75) is 55.3 Å². The minimum atomic E-state index is -4.51. The van der Waals surface area contributed by atoms with Gasteiger partial charge in [0.05, 0.1) is 5.56 Å². The molecule has 2 fully saturated rings. The van der Waals surface area contributed by atoms with Crippen LogP contribution in [0.25, 0.3) is 10.4 Å². The average molecular weight is 655 g/mol. The van der Waals surface area contributed by atoms with Gasteiger partial charge in [0, 0.05) is 51.1 Å². The highest BCUT2D eigenvalue weighted by Crippen LogP contribution is 2.36. The summed E-state index contributed by atoms with van der Waals surface area (Å²) in [6.45, 7) is 1.54. The molecular formula is C25H33F3N4O7S3. The van der Waals surface area contributed by atoms with Crippen molar-refractivity contribution in [1.29, 1.82) is 0 Å². The number of hydrogen-bond donors (Lipinski definition) is 1. The minimum Gasteiger partial charge on any atom is -0.350 e. The van der Waals surface area contributed by atoms with Crippen LogP contribution in [0, 0.1) is 0 Å². The van der Waals surface area contributed by atoms with E-state index in [1.807, 2.05) is 6.92 Å². The Labute approximate surface area is 247 Å². The summed E-state index contributed by atoms with van der Waals surface area (Å²) in [5, 5.41) is 0. The third-order valence-corrected chi connectivity index (χ3v) is 12.4. The lowest BCUT2D eigenvalue weighted by atomic mass is 10.1. The Bertz CT molecular complexity index is 1440. The number of ether oxygens (including phenoxy) is 1. The van der Waals surface area contributed by atoms with E-state index in [9.17, 15) is 34.8 Å². The molecule has 2 aromatic rings. The predicted octanol–water partition coefficient (Wildman–Crippen LogP) is 3.27. The number of amides is 1.